The minimum atomic E-state index is -0.980. The lowest BCUT2D eigenvalue weighted by atomic mass is 9.86. The van der Waals surface area contributed by atoms with Gasteiger partial charge in [0.05, 0.1) is 12.2 Å². The Morgan fingerprint density at radius 2 is 1.80 bits per heavy atom. The summed E-state index contributed by atoms with van der Waals surface area (Å²) in [6, 6.07) is 14.1. The molecule has 1 fully saturated rings. The molecule has 0 amide bonds. The zero-order chi connectivity index (χ0) is 27.7. The van der Waals surface area contributed by atoms with Gasteiger partial charge in [0.1, 0.15) is 5.82 Å². The predicted molar refractivity (Wildman–Crippen MR) is 162 cm³/mol. The van der Waals surface area contributed by atoms with Gasteiger partial charge in [-0.1, -0.05) is 41.4 Å². The Bertz CT molecular complexity index is 1480. The molecule has 0 saturated carbocycles. The summed E-state index contributed by atoms with van der Waals surface area (Å²) in [5, 5.41) is 10.6. The molecule has 1 aliphatic heterocycles. The second kappa shape index (κ2) is 12.9. The molecular formula is C32H30Cl3F2NO2. The van der Waals surface area contributed by atoms with Gasteiger partial charge in [-0.3, -0.25) is 9.29 Å². The van der Waals surface area contributed by atoms with E-state index in [9.17, 15) is 14.3 Å². The van der Waals surface area contributed by atoms with Gasteiger partial charge in [-0.2, -0.15) is 0 Å². The highest BCUT2D eigenvalue weighted by atomic mass is 35.5. The number of allylic oxidation sites excluding steroid dienone is 1. The van der Waals surface area contributed by atoms with E-state index in [0.29, 0.717) is 41.4 Å². The third-order valence-corrected chi connectivity index (χ3v) is 8.04. The van der Waals surface area contributed by atoms with Crippen molar-refractivity contribution in [2.45, 2.75) is 32.6 Å². The van der Waals surface area contributed by atoms with Crippen molar-refractivity contribution >= 4 is 58.8 Å². The summed E-state index contributed by atoms with van der Waals surface area (Å²) in [5.41, 5.74) is 7.89. The van der Waals surface area contributed by atoms with Crippen LogP contribution in [0.3, 0.4) is 0 Å². The van der Waals surface area contributed by atoms with Gasteiger partial charge < -0.3 is 5.11 Å². The summed E-state index contributed by atoms with van der Waals surface area (Å²) in [6.45, 7) is 3.74. The zero-order valence-electron chi connectivity index (χ0n) is 22.1. The Balaban J connectivity index is 0.00000370. The number of aryl methyl sites for hydroxylation is 2. The number of benzene rings is 3. The van der Waals surface area contributed by atoms with Crippen LogP contribution in [0.4, 0.5) is 8.78 Å². The van der Waals surface area contributed by atoms with E-state index in [1.807, 2.05) is 31.2 Å². The quantitative estimate of drug-likeness (QED) is 0.293. The van der Waals surface area contributed by atoms with Crippen LogP contribution in [-0.2, 0) is 6.42 Å². The van der Waals surface area contributed by atoms with Crippen LogP contribution < -0.4 is 0 Å². The molecular weight excluding hydrogens is 575 g/mol. The third kappa shape index (κ3) is 6.28. The first-order valence-corrected chi connectivity index (χ1v) is 13.8. The summed E-state index contributed by atoms with van der Waals surface area (Å²) in [6.07, 6.45) is 4.60. The van der Waals surface area contributed by atoms with Gasteiger partial charge in [-0.15, -0.1) is 12.4 Å². The van der Waals surface area contributed by atoms with Gasteiger partial charge in [-0.05, 0) is 114 Å². The second-order valence-corrected chi connectivity index (χ2v) is 11.1. The molecule has 1 saturated heterocycles. The minimum absolute atomic E-state index is 0. The van der Waals surface area contributed by atoms with E-state index in [-0.39, 0.29) is 30.5 Å². The number of nitrogens with zero attached hydrogens (tertiary/aromatic N) is 1. The highest BCUT2D eigenvalue weighted by molar-refractivity contribution is 6.36. The van der Waals surface area contributed by atoms with Crippen molar-refractivity contribution in [3.05, 3.63) is 109 Å². The van der Waals surface area contributed by atoms with Gasteiger partial charge in [-0.25, -0.2) is 9.18 Å². The van der Waals surface area contributed by atoms with Crippen LogP contribution in [-0.4, -0.2) is 42.3 Å². The molecule has 5 rings (SSSR count). The molecule has 1 N–H and O–H groups in total. The molecule has 1 heterocycles. The Morgan fingerprint density at radius 1 is 1.05 bits per heavy atom. The van der Waals surface area contributed by atoms with Crippen molar-refractivity contribution < 1.29 is 18.7 Å². The first-order chi connectivity index (χ1) is 18.7. The number of carboxylic acid groups (broad SMARTS) is 1. The van der Waals surface area contributed by atoms with Crippen LogP contribution in [0.5, 0.6) is 0 Å². The number of carbonyl (C=O) groups is 1. The molecule has 3 nitrogen and oxygen atoms in total. The Kier molecular flexibility index (Phi) is 9.73. The molecule has 0 aromatic heterocycles. The van der Waals surface area contributed by atoms with Crippen molar-refractivity contribution in [2.75, 3.05) is 26.3 Å². The third-order valence-electron chi connectivity index (χ3n) is 7.49. The number of aromatic carboxylic acids is 1. The Labute approximate surface area is 249 Å². The number of alkyl halides is 1. The number of rotatable bonds is 7. The van der Waals surface area contributed by atoms with E-state index < -0.39 is 5.97 Å². The topological polar surface area (TPSA) is 40.5 Å². The molecule has 0 atom stereocenters. The second-order valence-electron chi connectivity index (χ2n) is 10.3. The van der Waals surface area contributed by atoms with E-state index in [0.717, 1.165) is 64.0 Å². The van der Waals surface area contributed by atoms with Crippen LogP contribution in [0.25, 0.3) is 17.2 Å². The van der Waals surface area contributed by atoms with Gasteiger partial charge in [0.2, 0.25) is 0 Å². The van der Waals surface area contributed by atoms with Crippen molar-refractivity contribution in [1.82, 2.24) is 4.90 Å². The van der Waals surface area contributed by atoms with Gasteiger partial charge in [0, 0.05) is 35.2 Å². The van der Waals surface area contributed by atoms with E-state index >= 15 is 4.39 Å². The molecule has 40 heavy (non-hydrogen) atoms. The number of carboxylic acids is 1. The average Bonchev–Trinajstić information content (AvgIpc) is 3.05. The maximum atomic E-state index is 15.7. The lowest BCUT2D eigenvalue weighted by Crippen LogP contribution is -2.40. The summed E-state index contributed by atoms with van der Waals surface area (Å²) in [5.74, 6) is -1.30. The van der Waals surface area contributed by atoms with Crippen molar-refractivity contribution in [3.8, 4) is 0 Å². The summed E-state index contributed by atoms with van der Waals surface area (Å²) >= 11 is 12.9. The molecule has 0 spiro atoms. The maximum absolute atomic E-state index is 15.7. The van der Waals surface area contributed by atoms with E-state index in [1.165, 1.54) is 0 Å². The standard InChI is InChI=1S/C32H29Cl2F2NO2.ClH/c1-19-12-23(15-30(36)28(19)13-20-17-37(18-20)11-3-10-35)31-25-8-6-22(32(38)39)14-21(25)4-2-5-27(31)26-9-7-24(33)16-29(26)34;/h6-9,12-16H,2-5,10-11,17-18H2,1H3,(H,38,39);1H. The smallest absolute Gasteiger partial charge is 0.335 e. The molecule has 0 radical (unpaired) electrons. The molecule has 3 aromatic rings. The molecule has 0 unspecified atom stereocenters. The molecule has 8 heteroatoms. The first-order valence-electron chi connectivity index (χ1n) is 13.1. The SMILES string of the molecule is Cc1cc(C2=C(c3ccc(Cl)cc3Cl)CCCc3cc(C(=O)O)ccc32)cc(F)c1C=C1CN(CCCF)C1.Cl. The highest BCUT2D eigenvalue weighted by Gasteiger charge is 2.25. The fourth-order valence-electron chi connectivity index (χ4n) is 5.60. The van der Waals surface area contributed by atoms with Gasteiger partial charge in [0.25, 0.3) is 0 Å². The number of halogens is 5. The summed E-state index contributed by atoms with van der Waals surface area (Å²) in [7, 11) is 0. The van der Waals surface area contributed by atoms with Gasteiger partial charge >= 0.3 is 5.97 Å². The molecule has 0 bridgehead atoms. The molecule has 1 aliphatic carbocycles. The summed E-state index contributed by atoms with van der Waals surface area (Å²) in [4.78, 5) is 13.8. The van der Waals surface area contributed by atoms with E-state index in [2.05, 4.69) is 4.90 Å². The van der Waals surface area contributed by atoms with Crippen molar-refractivity contribution in [1.29, 1.82) is 0 Å². The average molecular weight is 605 g/mol. The van der Waals surface area contributed by atoms with Crippen LogP contribution in [0.1, 0.15) is 63.0 Å². The molecule has 3 aromatic carbocycles. The molecule has 210 valence electrons. The number of hydrogen-bond donors (Lipinski definition) is 1. The van der Waals surface area contributed by atoms with Crippen molar-refractivity contribution in [3.63, 3.8) is 0 Å². The summed E-state index contributed by atoms with van der Waals surface area (Å²) < 4.78 is 28.2. The van der Waals surface area contributed by atoms with E-state index in [1.54, 1.807) is 30.3 Å². The van der Waals surface area contributed by atoms with E-state index in [4.69, 9.17) is 23.2 Å². The highest BCUT2D eigenvalue weighted by Crippen LogP contribution is 2.43. The van der Waals surface area contributed by atoms with Crippen LogP contribution in [0.15, 0.2) is 54.1 Å². The molecule has 2 aliphatic rings. The first kappa shape index (κ1) is 30.3. The Hall–Kier alpha value is -2.70. The Morgan fingerprint density at radius 3 is 2.48 bits per heavy atom. The van der Waals surface area contributed by atoms with Crippen LogP contribution in [0, 0.1) is 12.7 Å². The normalized spacial score (nSPS) is 15.2. The zero-order valence-corrected chi connectivity index (χ0v) is 24.4. The lowest BCUT2D eigenvalue weighted by molar-refractivity contribution is 0.0696. The van der Waals surface area contributed by atoms with Crippen LogP contribution in [0.2, 0.25) is 10.0 Å². The number of likely N-dealkylation sites (tertiary alicyclic amines) is 1. The maximum Gasteiger partial charge on any atom is 0.335 e. The monoisotopic (exact) mass is 603 g/mol. The van der Waals surface area contributed by atoms with Crippen molar-refractivity contribution in [2.24, 2.45) is 0 Å². The van der Waals surface area contributed by atoms with Crippen LogP contribution >= 0.6 is 35.6 Å². The lowest BCUT2D eigenvalue weighted by Gasteiger charge is -2.34. The minimum Gasteiger partial charge on any atom is -0.478 e. The predicted octanol–water partition coefficient (Wildman–Crippen LogP) is 8.91. The number of hydrogen-bond acceptors (Lipinski definition) is 2. The largest absolute Gasteiger partial charge is 0.478 e. The number of fused-ring (bicyclic) bond motifs is 1. The fourth-order valence-corrected chi connectivity index (χ4v) is 6.12. The fraction of sp³-hybridized carbons (Fsp3) is 0.281. The van der Waals surface area contributed by atoms with Gasteiger partial charge in [0.15, 0.2) is 0 Å².